The van der Waals surface area contributed by atoms with Crippen LogP contribution in [0.2, 0.25) is 0 Å². The molecule has 0 bridgehead atoms. The van der Waals surface area contributed by atoms with Crippen LogP contribution >= 0.6 is 0 Å². The summed E-state index contributed by atoms with van der Waals surface area (Å²) in [4.78, 5) is 9.40. The third-order valence-electron chi connectivity index (χ3n) is 4.70. The summed E-state index contributed by atoms with van der Waals surface area (Å²) in [6.07, 6.45) is 3.91. The van der Waals surface area contributed by atoms with Crippen LogP contribution in [0, 0.1) is 11.3 Å². The highest BCUT2D eigenvalue weighted by atomic mass is 15.1. The van der Waals surface area contributed by atoms with Gasteiger partial charge in [0.2, 0.25) is 0 Å². The van der Waals surface area contributed by atoms with Crippen molar-refractivity contribution < 1.29 is 0 Å². The molecular weight excluding hydrogens is 332 g/mol. The van der Waals surface area contributed by atoms with Gasteiger partial charge in [-0.05, 0) is 36.2 Å². The maximum Gasteiger partial charge on any atom is 0.110 e. The number of para-hydroxylation sites is 2. The molecule has 0 aliphatic rings. The summed E-state index contributed by atoms with van der Waals surface area (Å²) in [5.41, 5.74) is 5.64. The zero-order valence-electron chi connectivity index (χ0n) is 15.3. The van der Waals surface area contributed by atoms with Gasteiger partial charge in [-0.25, -0.2) is 4.98 Å². The molecule has 0 radical (unpaired) electrons. The largest absolute Gasteiger partial charge is 0.323 e. The molecular formula is C23H20N4. The fourth-order valence-electron chi connectivity index (χ4n) is 3.38. The van der Waals surface area contributed by atoms with Crippen molar-refractivity contribution in [3.05, 3.63) is 83.8 Å². The van der Waals surface area contributed by atoms with E-state index < -0.39 is 0 Å². The van der Waals surface area contributed by atoms with E-state index in [0.29, 0.717) is 5.56 Å². The number of hydrogen-bond acceptors (Lipinski definition) is 3. The number of rotatable bonds is 5. The summed E-state index contributed by atoms with van der Waals surface area (Å²) in [6.45, 7) is 2.91. The molecule has 4 nitrogen and oxygen atoms in total. The van der Waals surface area contributed by atoms with E-state index in [2.05, 4.69) is 46.8 Å². The summed E-state index contributed by atoms with van der Waals surface area (Å²) < 4.78 is 2.28. The first kappa shape index (κ1) is 17.0. The molecule has 4 aromatic rings. The van der Waals surface area contributed by atoms with Gasteiger partial charge in [0.25, 0.3) is 0 Å². The van der Waals surface area contributed by atoms with Crippen molar-refractivity contribution in [1.82, 2.24) is 14.5 Å². The molecule has 2 aromatic carbocycles. The van der Waals surface area contributed by atoms with E-state index in [9.17, 15) is 5.26 Å². The molecule has 0 spiro atoms. The zero-order chi connectivity index (χ0) is 18.6. The van der Waals surface area contributed by atoms with Crippen LogP contribution in [0.25, 0.3) is 22.3 Å². The fraction of sp³-hybridized carbons (Fsp3) is 0.174. The number of pyridine rings is 1. The Morgan fingerprint density at radius 3 is 2.59 bits per heavy atom. The molecule has 0 N–H and O–H groups in total. The van der Waals surface area contributed by atoms with E-state index in [4.69, 9.17) is 4.98 Å². The molecule has 0 fully saturated rings. The van der Waals surface area contributed by atoms with Crippen molar-refractivity contribution in [2.24, 2.45) is 0 Å². The first-order valence-electron chi connectivity index (χ1n) is 9.18. The quantitative estimate of drug-likeness (QED) is 0.509. The molecule has 0 amide bonds. The summed E-state index contributed by atoms with van der Waals surface area (Å²) >= 11 is 0. The predicted octanol–water partition coefficient (Wildman–Crippen LogP) is 4.97. The van der Waals surface area contributed by atoms with Gasteiger partial charge in [0.1, 0.15) is 5.82 Å². The second-order valence-electron chi connectivity index (χ2n) is 6.56. The topological polar surface area (TPSA) is 54.5 Å². The summed E-state index contributed by atoms with van der Waals surface area (Å²) in [5, 5.41) is 9.30. The van der Waals surface area contributed by atoms with Crippen molar-refractivity contribution in [3.63, 3.8) is 0 Å². The lowest BCUT2D eigenvalue weighted by Crippen LogP contribution is -2.05. The molecule has 2 heterocycles. The predicted molar refractivity (Wildman–Crippen MR) is 107 cm³/mol. The molecule has 132 valence electrons. The number of aryl methyl sites for hydroxylation is 1. The minimum atomic E-state index is 0.642. The maximum absolute atomic E-state index is 9.30. The molecule has 2 aromatic heterocycles. The SMILES string of the molecule is CCCc1nc2ccccc2n1Cc1ccc(-c2ccccc2C#N)nc1. The lowest BCUT2D eigenvalue weighted by molar-refractivity contribution is 0.720. The standard InChI is InChI=1S/C23H20N4/c1-2-7-23-26-21-10-5-6-11-22(21)27(23)16-17-12-13-20(25-15-17)19-9-4-3-8-18(19)14-24/h3-6,8-13,15H,2,7,16H2,1H3. The van der Waals surface area contributed by atoms with Gasteiger partial charge in [-0.15, -0.1) is 0 Å². The Balaban J connectivity index is 1.67. The summed E-state index contributed by atoms with van der Waals surface area (Å²) in [7, 11) is 0. The highest BCUT2D eigenvalue weighted by molar-refractivity contribution is 5.76. The van der Waals surface area contributed by atoms with Gasteiger partial charge in [-0.1, -0.05) is 43.3 Å². The molecule has 0 unspecified atom stereocenters. The van der Waals surface area contributed by atoms with Crippen molar-refractivity contribution in [2.45, 2.75) is 26.3 Å². The van der Waals surface area contributed by atoms with Crippen LogP contribution in [-0.4, -0.2) is 14.5 Å². The average molecular weight is 352 g/mol. The van der Waals surface area contributed by atoms with Crippen LogP contribution in [0.15, 0.2) is 66.9 Å². The van der Waals surface area contributed by atoms with Gasteiger partial charge in [0.15, 0.2) is 0 Å². The number of nitriles is 1. The normalized spacial score (nSPS) is 10.8. The van der Waals surface area contributed by atoms with Crippen LogP contribution in [-0.2, 0) is 13.0 Å². The Bertz CT molecular complexity index is 1120. The smallest absolute Gasteiger partial charge is 0.110 e. The number of hydrogen-bond donors (Lipinski definition) is 0. The van der Waals surface area contributed by atoms with E-state index >= 15 is 0 Å². The molecule has 0 aliphatic heterocycles. The number of fused-ring (bicyclic) bond motifs is 1. The molecule has 0 aliphatic carbocycles. The molecule has 0 saturated heterocycles. The van der Waals surface area contributed by atoms with Gasteiger partial charge in [-0.3, -0.25) is 4.98 Å². The Kier molecular flexibility index (Phi) is 4.67. The monoisotopic (exact) mass is 352 g/mol. The Morgan fingerprint density at radius 1 is 1.00 bits per heavy atom. The van der Waals surface area contributed by atoms with E-state index in [1.807, 2.05) is 42.6 Å². The van der Waals surface area contributed by atoms with Crippen molar-refractivity contribution in [3.8, 4) is 17.3 Å². The van der Waals surface area contributed by atoms with Gasteiger partial charge >= 0.3 is 0 Å². The number of benzene rings is 2. The Hall–Kier alpha value is -3.45. The molecule has 4 heteroatoms. The van der Waals surface area contributed by atoms with Gasteiger partial charge in [0, 0.05) is 18.2 Å². The molecule has 0 saturated carbocycles. The van der Waals surface area contributed by atoms with Gasteiger partial charge in [0.05, 0.1) is 34.9 Å². The van der Waals surface area contributed by atoms with E-state index in [-0.39, 0.29) is 0 Å². The summed E-state index contributed by atoms with van der Waals surface area (Å²) in [5.74, 6) is 1.11. The highest BCUT2D eigenvalue weighted by Crippen LogP contribution is 2.23. The first-order valence-corrected chi connectivity index (χ1v) is 9.18. The van der Waals surface area contributed by atoms with Gasteiger partial charge in [-0.2, -0.15) is 5.26 Å². The van der Waals surface area contributed by atoms with E-state index in [1.165, 1.54) is 0 Å². The summed E-state index contributed by atoms with van der Waals surface area (Å²) in [6, 6.07) is 22.1. The number of nitrogens with zero attached hydrogens (tertiary/aromatic N) is 4. The third-order valence-corrected chi connectivity index (χ3v) is 4.70. The van der Waals surface area contributed by atoms with Crippen LogP contribution in [0.4, 0.5) is 0 Å². The maximum atomic E-state index is 9.30. The Labute approximate surface area is 158 Å². The van der Waals surface area contributed by atoms with Crippen LogP contribution in [0.1, 0.15) is 30.3 Å². The third kappa shape index (κ3) is 3.32. The van der Waals surface area contributed by atoms with Crippen molar-refractivity contribution >= 4 is 11.0 Å². The zero-order valence-corrected chi connectivity index (χ0v) is 15.3. The fourth-order valence-corrected chi connectivity index (χ4v) is 3.38. The van der Waals surface area contributed by atoms with Crippen LogP contribution in [0.3, 0.4) is 0 Å². The van der Waals surface area contributed by atoms with Crippen LogP contribution < -0.4 is 0 Å². The minimum Gasteiger partial charge on any atom is -0.323 e. The lowest BCUT2D eigenvalue weighted by atomic mass is 10.0. The lowest BCUT2D eigenvalue weighted by Gasteiger charge is -2.10. The van der Waals surface area contributed by atoms with Crippen LogP contribution in [0.5, 0.6) is 0 Å². The van der Waals surface area contributed by atoms with Crippen molar-refractivity contribution in [1.29, 1.82) is 5.26 Å². The highest BCUT2D eigenvalue weighted by Gasteiger charge is 2.11. The second kappa shape index (κ2) is 7.43. The Morgan fingerprint density at radius 2 is 1.81 bits per heavy atom. The van der Waals surface area contributed by atoms with E-state index in [1.54, 1.807) is 0 Å². The van der Waals surface area contributed by atoms with Crippen molar-refractivity contribution in [2.75, 3.05) is 0 Å². The number of imidazole rings is 1. The first-order chi connectivity index (χ1) is 13.3. The minimum absolute atomic E-state index is 0.642. The molecule has 0 atom stereocenters. The second-order valence-corrected chi connectivity index (χ2v) is 6.56. The molecule has 4 rings (SSSR count). The number of aromatic nitrogens is 3. The van der Waals surface area contributed by atoms with Gasteiger partial charge < -0.3 is 4.57 Å². The average Bonchev–Trinajstić information content (AvgIpc) is 3.06. The van der Waals surface area contributed by atoms with E-state index in [0.717, 1.165) is 53.1 Å². The molecule has 27 heavy (non-hydrogen) atoms.